The molecule has 0 saturated carbocycles. The normalized spacial score (nSPS) is 17.1. The van der Waals surface area contributed by atoms with Gasteiger partial charge in [0.1, 0.15) is 0 Å². The Balaban J connectivity index is 2.26. The van der Waals surface area contributed by atoms with Crippen LogP contribution in [0.1, 0.15) is 0 Å². The first-order valence-electron chi connectivity index (χ1n) is 4.66. The highest BCUT2D eigenvalue weighted by Gasteiger charge is 2.14. The van der Waals surface area contributed by atoms with Crippen molar-refractivity contribution in [2.24, 2.45) is 0 Å². The van der Waals surface area contributed by atoms with Crippen LogP contribution in [-0.4, -0.2) is 26.3 Å². The minimum Gasteiger partial charge on any atom is -0.397 e. The molecule has 0 aliphatic carbocycles. The lowest BCUT2D eigenvalue weighted by molar-refractivity contribution is 0.122. The van der Waals surface area contributed by atoms with Crippen LogP contribution in [0.15, 0.2) is 18.2 Å². The lowest BCUT2D eigenvalue weighted by Gasteiger charge is -2.29. The molecule has 1 heterocycles. The molecule has 1 aliphatic rings. The van der Waals surface area contributed by atoms with E-state index in [0.29, 0.717) is 10.7 Å². The first-order chi connectivity index (χ1) is 6.79. The lowest BCUT2D eigenvalue weighted by Crippen LogP contribution is -2.36. The molecule has 0 unspecified atom stereocenters. The smallest absolute Gasteiger partial charge is 0.0868 e. The van der Waals surface area contributed by atoms with Crippen molar-refractivity contribution < 1.29 is 4.74 Å². The van der Waals surface area contributed by atoms with Crippen LogP contribution in [0.25, 0.3) is 0 Å². The molecule has 3 nitrogen and oxygen atoms in total. The topological polar surface area (TPSA) is 38.5 Å². The van der Waals surface area contributed by atoms with Crippen LogP contribution in [0.2, 0.25) is 5.02 Å². The summed E-state index contributed by atoms with van der Waals surface area (Å²) in [5, 5.41) is 0.648. The summed E-state index contributed by atoms with van der Waals surface area (Å²) in [5.41, 5.74) is 7.38. The molecule has 1 saturated heterocycles. The minimum absolute atomic E-state index is 0.635. The van der Waals surface area contributed by atoms with Crippen molar-refractivity contribution in [3.8, 4) is 0 Å². The fourth-order valence-electron chi connectivity index (χ4n) is 1.59. The first-order valence-corrected chi connectivity index (χ1v) is 5.03. The number of nitrogens with two attached hydrogens (primary N) is 1. The predicted molar refractivity (Wildman–Crippen MR) is 58.9 cm³/mol. The zero-order valence-electron chi connectivity index (χ0n) is 7.87. The molecule has 0 spiro atoms. The SMILES string of the molecule is Nc1cccc(N2CCOCC2)c1Cl. The van der Waals surface area contributed by atoms with Gasteiger partial charge in [0.2, 0.25) is 0 Å². The van der Waals surface area contributed by atoms with E-state index >= 15 is 0 Å². The van der Waals surface area contributed by atoms with Crippen molar-refractivity contribution in [1.82, 2.24) is 0 Å². The summed E-state index contributed by atoms with van der Waals surface area (Å²) in [6, 6.07) is 5.72. The molecule has 0 amide bonds. The van der Waals surface area contributed by atoms with E-state index in [1.807, 2.05) is 18.2 Å². The van der Waals surface area contributed by atoms with Crippen LogP contribution >= 0.6 is 11.6 Å². The van der Waals surface area contributed by atoms with Gasteiger partial charge in [0.15, 0.2) is 0 Å². The van der Waals surface area contributed by atoms with Crippen molar-refractivity contribution in [2.45, 2.75) is 0 Å². The van der Waals surface area contributed by atoms with Crippen LogP contribution in [0, 0.1) is 0 Å². The standard InChI is InChI=1S/C10H13ClN2O/c11-10-8(12)2-1-3-9(10)13-4-6-14-7-5-13/h1-3H,4-7,12H2. The highest BCUT2D eigenvalue weighted by atomic mass is 35.5. The van der Waals surface area contributed by atoms with Crippen LogP contribution in [0.3, 0.4) is 0 Å². The Labute approximate surface area is 88.4 Å². The Morgan fingerprint density at radius 2 is 2.00 bits per heavy atom. The maximum atomic E-state index is 6.12. The van der Waals surface area contributed by atoms with Gasteiger partial charge in [-0.15, -0.1) is 0 Å². The lowest BCUT2D eigenvalue weighted by atomic mass is 10.2. The van der Waals surface area contributed by atoms with Crippen LogP contribution in [0.4, 0.5) is 11.4 Å². The van der Waals surface area contributed by atoms with E-state index in [1.165, 1.54) is 0 Å². The highest BCUT2D eigenvalue weighted by molar-refractivity contribution is 6.35. The van der Waals surface area contributed by atoms with Gasteiger partial charge in [-0.2, -0.15) is 0 Å². The van der Waals surface area contributed by atoms with Gasteiger partial charge >= 0.3 is 0 Å². The number of nitrogen functional groups attached to an aromatic ring is 1. The molecule has 76 valence electrons. The second-order valence-electron chi connectivity index (χ2n) is 3.28. The highest BCUT2D eigenvalue weighted by Crippen LogP contribution is 2.31. The van der Waals surface area contributed by atoms with Gasteiger partial charge in [-0.05, 0) is 12.1 Å². The number of halogens is 1. The number of anilines is 2. The first kappa shape index (κ1) is 9.62. The largest absolute Gasteiger partial charge is 0.397 e. The van der Waals surface area contributed by atoms with E-state index in [1.54, 1.807) is 0 Å². The van der Waals surface area contributed by atoms with E-state index in [0.717, 1.165) is 32.0 Å². The molecule has 0 aromatic heterocycles. The summed E-state index contributed by atoms with van der Waals surface area (Å²) >= 11 is 6.12. The Hall–Kier alpha value is -0.930. The van der Waals surface area contributed by atoms with Crippen LogP contribution in [0.5, 0.6) is 0 Å². The molecular formula is C10H13ClN2O. The molecule has 4 heteroatoms. The number of benzene rings is 1. The van der Waals surface area contributed by atoms with E-state index in [4.69, 9.17) is 22.1 Å². The van der Waals surface area contributed by atoms with E-state index in [9.17, 15) is 0 Å². The molecule has 1 aromatic rings. The van der Waals surface area contributed by atoms with Crippen molar-refractivity contribution in [3.05, 3.63) is 23.2 Å². The molecule has 14 heavy (non-hydrogen) atoms. The van der Waals surface area contributed by atoms with Gasteiger partial charge < -0.3 is 15.4 Å². The Morgan fingerprint density at radius 3 is 2.71 bits per heavy atom. The van der Waals surface area contributed by atoms with Gasteiger partial charge in [0, 0.05) is 13.1 Å². The summed E-state index contributed by atoms with van der Waals surface area (Å²) in [7, 11) is 0. The zero-order chi connectivity index (χ0) is 9.97. The molecule has 0 radical (unpaired) electrons. The third kappa shape index (κ3) is 1.79. The predicted octanol–water partition coefficient (Wildman–Crippen LogP) is 1.76. The monoisotopic (exact) mass is 212 g/mol. The summed E-state index contributed by atoms with van der Waals surface area (Å²) < 4.78 is 5.28. The number of hydrogen-bond acceptors (Lipinski definition) is 3. The third-order valence-corrected chi connectivity index (χ3v) is 2.77. The maximum absolute atomic E-state index is 6.12. The second kappa shape index (κ2) is 4.07. The number of hydrogen-bond donors (Lipinski definition) is 1. The van der Waals surface area contributed by atoms with E-state index in [-0.39, 0.29) is 0 Å². The third-order valence-electron chi connectivity index (χ3n) is 2.36. The molecular weight excluding hydrogens is 200 g/mol. The average molecular weight is 213 g/mol. The van der Waals surface area contributed by atoms with Crippen molar-refractivity contribution in [3.63, 3.8) is 0 Å². The molecule has 1 aromatic carbocycles. The minimum atomic E-state index is 0.635. The number of morpholine rings is 1. The van der Waals surface area contributed by atoms with E-state index < -0.39 is 0 Å². The molecule has 0 atom stereocenters. The van der Waals surface area contributed by atoms with Crippen LogP contribution in [-0.2, 0) is 4.74 Å². The summed E-state index contributed by atoms with van der Waals surface area (Å²) in [6.45, 7) is 3.27. The Morgan fingerprint density at radius 1 is 1.29 bits per heavy atom. The second-order valence-corrected chi connectivity index (χ2v) is 3.66. The molecule has 2 N–H and O–H groups in total. The fourth-order valence-corrected chi connectivity index (χ4v) is 1.83. The van der Waals surface area contributed by atoms with Crippen LogP contribution < -0.4 is 10.6 Å². The van der Waals surface area contributed by atoms with Gasteiger partial charge in [0.05, 0.1) is 29.6 Å². The number of rotatable bonds is 1. The zero-order valence-corrected chi connectivity index (χ0v) is 8.63. The van der Waals surface area contributed by atoms with Gasteiger partial charge in [-0.1, -0.05) is 17.7 Å². The Bertz CT molecular complexity index is 324. The van der Waals surface area contributed by atoms with Gasteiger partial charge in [-0.3, -0.25) is 0 Å². The van der Waals surface area contributed by atoms with E-state index in [2.05, 4.69) is 4.90 Å². The summed E-state index contributed by atoms with van der Waals surface area (Å²) in [5.74, 6) is 0. The quantitative estimate of drug-likeness (QED) is 0.721. The van der Waals surface area contributed by atoms with Gasteiger partial charge in [-0.25, -0.2) is 0 Å². The summed E-state index contributed by atoms with van der Waals surface area (Å²) in [4.78, 5) is 2.20. The summed E-state index contributed by atoms with van der Waals surface area (Å²) in [6.07, 6.45) is 0. The van der Waals surface area contributed by atoms with Crippen molar-refractivity contribution in [2.75, 3.05) is 36.9 Å². The molecule has 1 aliphatic heterocycles. The van der Waals surface area contributed by atoms with Crippen molar-refractivity contribution in [1.29, 1.82) is 0 Å². The fraction of sp³-hybridized carbons (Fsp3) is 0.400. The average Bonchev–Trinajstić information content (AvgIpc) is 2.23. The maximum Gasteiger partial charge on any atom is 0.0868 e. The number of nitrogens with zero attached hydrogens (tertiary/aromatic N) is 1. The molecule has 1 fully saturated rings. The van der Waals surface area contributed by atoms with Crippen molar-refractivity contribution >= 4 is 23.0 Å². The molecule has 0 bridgehead atoms. The molecule has 2 rings (SSSR count). The Kier molecular flexibility index (Phi) is 2.79. The number of ether oxygens (including phenoxy) is 1. The van der Waals surface area contributed by atoms with Gasteiger partial charge in [0.25, 0.3) is 0 Å².